The minimum Gasteiger partial charge on any atom is -0.495 e. The summed E-state index contributed by atoms with van der Waals surface area (Å²) in [5.41, 5.74) is 1.19. The van der Waals surface area contributed by atoms with Crippen LogP contribution in [0.1, 0.15) is 19.8 Å². The van der Waals surface area contributed by atoms with Crippen LogP contribution in [-0.2, 0) is 0 Å². The predicted molar refractivity (Wildman–Crippen MR) is 79.6 cm³/mol. The second-order valence-corrected chi connectivity index (χ2v) is 5.62. The number of methoxy groups -OCH3 is 1. The summed E-state index contributed by atoms with van der Waals surface area (Å²) in [6, 6.07) is 6.78. The van der Waals surface area contributed by atoms with E-state index < -0.39 is 0 Å². The van der Waals surface area contributed by atoms with Crippen LogP contribution in [0.15, 0.2) is 22.7 Å². The number of benzene rings is 1. The van der Waals surface area contributed by atoms with Crippen LogP contribution >= 0.6 is 15.9 Å². The molecule has 4 heteroatoms. The number of ether oxygens (including phenoxy) is 1. The molecule has 1 N–H and O–H groups in total. The molecule has 0 aromatic heterocycles. The lowest BCUT2D eigenvalue weighted by Gasteiger charge is -2.21. The van der Waals surface area contributed by atoms with Gasteiger partial charge in [0.1, 0.15) is 5.75 Å². The standard InChI is InChI=1S/C14H21BrN2O/c1-3-7-16-12-6-8-17(10-12)13-9-11(15)4-5-14(13)18-2/h4-5,9,12,16H,3,6-8,10H2,1-2H3. The van der Waals surface area contributed by atoms with Crippen LogP contribution in [0.4, 0.5) is 5.69 Å². The highest BCUT2D eigenvalue weighted by atomic mass is 79.9. The second-order valence-electron chi connectivity index (χ2n) is 4.70. The van der Waals surface area contributed by atoms with E-state index in [1.54, 1.807) is 7.11 Å². The van der Waals surface area contributed by atoms with E-state index in [9.17, 15) is 0 Å². The van der Waals surface area contributed by atoms with E-state index in [1.165, 1.54) is 18.5 Å². The Balaban J connectivity index is 2.06. The summed E-state index contributed by atoms with van der Waals surface area (Å²) < 4.78 is 6.55. The molecule has 1 aliphatic heterocycles. The molecule has 0 bridgehead atoms. The molecule has 1 saturated heterocycles. The van der Waals surface area contributed by atoms with Gasteiger partial charge in [0.2, 0.25) is 0 Å². The molecule has 0 aliphatic carbocycles. The smallest absolute Gasteiger partial charge is 0.142 e. The van der Waals surface area contributed by atoms with Crippen LogP contribution < -0.4 is 15.0 Å². The monoisotopic (exact) mass is 312 g/mol. The van der Waals surface area contributed by atoms with Gasteiger partial charge < -0.3 is 15.0 Å². The molecule has 1 aromatic carbocycles. The Kier molecular flexibility index (Phi) is 4.89. The molecule has 100 valence electrons. The van der Waals surface area contributed by atoms with Crippen molar-refractivity contribution in [2.24, 2.45) is 0 Å². The minimum atomic E-state index is 0.605. The average Bonchev–Trinajstić information content (AvgIpc) is 2.85. The Morgan fingerprint density at radius 2 is 2.33 bits per heavy atom. The van der Waals surface area contributed by atoms with Gasteiger partial charge in [-0.2, -0.15) is 0 Å². The third-order valence-corrected chi connectivity index (χ3v) is 3.85. The first-order chi connectivity index (χ1) is 8.74. The first-order valence-electron chi connectivity index (χ1n) is 6.56. The molecule has 0 saturated carbocycles. The summed E-state index contributed by atoms with van der Waals surface area (Å²) in [4.78, 5) is 2.40. The second kappa shape index (κ2) is 6.43. The molecular weight excluding hydrogens is 292 g/mol. The van der Waals surface area contributed by atoms with E-state index in [0.717, 1.165) is 29.9 Å². The Labute approximate surface area is 118 Å². The van der Waals surface area contributed by atoms with Gasteiger partial charge in [0.05, 0.1) is 12.8 Å². The van der Waals surface area contributed by atoms with E-state index >= 15 is 0 Å². The Morgan fingerprint density at radius 3 is 3.06 bits per heavy atom. The lowest BCUT2D eigenvalue weighted by molar-refractivity contribution is 0.414. The van der Waals surface area contributed by atoms with Gasteiger partial charge in [-0.1, -0.05) is 22.9 Å². The van der Waals surface area contributed by atoms with Crippen molar-refractivity contribution in [1.82, 2.24) is 5.32 Å². The van der Waals surface area contributed by atoms with Gasteiger partial charge >= 0.3 is 0 Å². The Hall–Kier alpha value is -0.740. The van der Waals surface area contributed by atoms with Crippen LogP contribution in [0.3, 0.4) is 0 Å². The maximum absolute atomic E-state index is 5.45. The molecule has 2 rings (SSSR count). The Morgan fingerprint density at radius 1 is 1.50 bits per heavy atom. The van der Waals surface area contributed by atoms with Gasteiger partial charge in [0.25, 0.3) is 0 Å². The highest BCUT2D eigenvalue weighted by Crippen LogP contribution is 2.33. The van der Waals surface area contributed by atoms with Crippen LogP contribution in [0.5, 0.6) is 5.75 Å². The zero-order valence-corrected chi connectivity index (χ0v) is 12.7. The average molecular weight is 313 g/mol. The Bertz CT molecular complexity index is 397. The van der Waals surface area contributed by atoms with Crippen molar-refractivity contribution in [2.45, 2.75) is 25.8 Å². The fraction of sp³-hybridized carbons (Fsp3) is 0.571. The lowest BCUT2D eigenvalue weighted by Crippen LogP contribution is -2.33. The van der Waals surface area contributed by atoms with Gasteiger partial charge in [-0.15, -0.1) is 0 Å². The van der Waals surface area contributed by atoms with Gasteiger partial charge in [-0.25, -0.2) is 0 Å². The molecular formula is C14H21BrN2O. The summed E-state index contributed by atoms with van der Waals surface area (Å²) in [5.74, 6) is 0.953. The quantitative estimate of drug-likeness (QED) is 0.904. The van der Waals surface area contributed by atoms with Gasteiger partial charge in [-0.3, -0.25) is 0 Å². The van der Waals surface area contributed by atoms with E-state index in [0.29, 0.717) is 6.04 Å². The van der Waals surface area contributed by atoms with E-state index in [4.69, 9.17) is 4.74 Å². The molecule has 0 amide bonds. The molecule has 1 atom stereocenters. The van der Waals surface area contributed by atoms with Crippen molar-refractivity contribution in [3.05, 3.63) is 22.7 Å². The summed E-state index contributed by atoms with van der Waals surface area (Å²) in [6.07, 6.45) is 2.40. The normalized spacial score (nSPS) is 19.3. The summed E-state index contributed by atoms with van der Waals surface area (Å²) >= 11 is 3.53. The fourth-order valence-corrected chi connectivity index (χ4v) is 2.75. The van der Waals surface area contributed by atoms with Crippen molar-refractivity contribution in [3.63, 3.8) is 0 Å². The molecule has 1 aliphatic rings. The summed E-state index contributed by atoms with van der Waals surface area (Å²) in [6.45, 7) is 5.46. The molecule has 0 radical (unpaired) electrons. The molecule has 18 heavy (non-hydrogen) atoms. The van der Waals surface area contributed by atoms with Crippen molar-refractivity contribution >= 4 is 21.6 Å². The van der Waals surface area contributed by atoms with E-state index in [1.807, 2.05) is 12.1 Å². The highest BCUT2D eigenvalue weighted by molar-refractivity contribution is 9.10. The van der Waals surface area contributed by atoms with Crippen LogP contribution in [0, 0.1) is 0 Å². The van der Waals surface area contributed by atoms with Gasteiger partial charge in [-0.05, 0) is 37.6 Å². The van der Waals surface area contributed by atoms with Gasteiger partial charge in [0.15, 0.2) is 0 Å². The minimum absolute atomic E-state index is 0.605. The maximum atomic E-state index is 5.45. The molecule has 1 heterocycles. The third-order valence-electron chi connectivity index (χ3n) is 3.35. The zero-order valence-electron chi connectivity index (χ0n) is 11.1. The molecule has 1 aromatic rings. The third kappa shape index (κ3) is 3.18. The molecule has 1 fully saturated rings. The molecule has 1 unspecified atom stereocenters. The van der Waals surface area contributed by atoms with Crippen molar-refractivity contribution in [1.29, 1.82) is 0 Å². The number of anilines is 1. The van der Waals surface area contributed by atoms with Crippen molar-refractivity contribution < 1.29 is 4.74 Å². The first kappa shape index (κ1) is 13.7. The first-order valence-corrected chi connectivity index (χ1v) is 7.35. The predicted octanol–water partition coefficient (Wildman–Crippen LogP) is 3.04. The van der Waals surface area contributed by atoms with E-state index in [2.05, 4.69) is 39.1 Å². The number of halogens is 1. The number of nitrogens with one attached hydrogen (secondary N) is 1. The number of nitrogens with zero attached hydrogens (tertiary/aromatic N) is 1. The number of hydrogen-bond acceptors (Lipinski definition) is 3. The summed E-state index contributed by atoms with van der Waals surface area (Å²) in [7, 11) is 1.73. The summed E-state index contributed by atoms with van der Waals surface area (Å²) in [5, 5.41) is 3.59. The topological polar surface area (TPSA) is 24.5 Å². The molecule has 0 spiro atoms. The largest absolute Gasteiger partial charge is 0.495 e. The molecule has 3 nitrogen and oxygen atoms in total. The van der Waals surface area contributed by atoms with Crippen molar-refractivity contribution in [2.75, 3.05) is 31.6 Å². The van der Waals surface area contributed by atoms with Crippen LogP contribution in [0.25, 0.3) is 0 Å². The number of hydrogen-bond donors (Lipinski definition) is 1. The lowest BCUT2D eigenvalue weighted by atomic mass is 10.2. The van der Waals surface area contributed by atoms with Gasteiger partial charge in [0, 0.05) is 23.6 Å². The zero-order chi connectivity index (χ0) is 13.0. The highest BCUT2D eigenvalue weighted by Gasteiger charge is 2.24. The van der Waals surface area contributed by atoms with Crippen molar-refractivity contribution in [3.8, 4) is 5.75 Å². The fourth-order valence-electron chi connectivity index (χ4n) is 2.40. The number of rotatable bonds is 5. The van der Waals surface area contributed by atoms with E-state index in [-0.39, 0.29) is 0 Å². The SMILES string of the molecule is CCCNC1CCN(c2cc(Br)ccc2OC)C1. The van der Waals surface area contributed by atoms with Crippen LogP contribution in [0.2, 0.25) is 0 Å². The van der Waals surface area contributed by atoms with Crippen LogP contribution in [-0.4, -0.2) is 32.8 Å². The maximum Gasteiger partial charge on any atom is 0.142 e.